The Morgan fingerprint density at radius 1 is 1.19 bits per heavy atom. The highest BCUT2D eigenvalue weighted by Crippen LogP contribution is 2.26. The van der Waals surface area contributed by atoms with E-state index in [9.17, 15) is 4.79 Å². The Balaban J connectivity index is 2.51. The predicted molar refractivity (Wildman–Crippen MR) is 66.2 cm³/mol. The lowest BCUT2D eigenvalue weighted by Gasteiger charge is -2.21. The molecule has 92 valence electrons. The summed E-state index contributed by atoms with van der Waals surface area (Å²) in [6.45, 7) is 7.57. The monoisotopic (exact) mass is 224 g/mol. The van der Waals surface area contributed by atoms with Gasteiger partial charge in [-0.3, -0.25) is 0 Å². The molecule has 0 radical (unpaired) electrons. The van der Waals surface area contributed by atoms with E-state index in [1.165, 1.54) is 32.1 Å². The number of rotatable bonds is 2. The second kappa shape index (κ2) is 5.51. The van der Waals surface area contributed by atoms with Gasteiger partial charge in [0.1, 0.15) is 5.60 Å². The summed E-state index contributed by atoms with van der Waals surface area (Å²) in [6.07, 6.45) is 8.48. The van der Waals surface area contributed by atoms with Crippen LogP contribution in [0.3, 0.4) is 0 Å². The third kappa shape index (κ3) is 4.82. The maximum Gasteiger partial charge on any atom is 0.333 e. The molecule has 1 fully saturated rings. The van der Waals surface area contributed by atoms with Gasteiger partial charge < -0.3 is 4.74 Å². The van der Waals surface area contributed by atoms with Gasteiger partial charge in [-0.25, -0.2) is 4.79 Å². The Morgan fingerprint density at radius 3 is 2.25 bits per heavy atom. The molecule has 16 heavy (non-hydrogen) atoms. The van der Waals surface area contributed by atoms with E-state index in [-0.39, 0.29) is 5.97 Å². The molecule has 1 aliphatic carbocycles. The van der Waals surface area contributed by atoms with Crippen LogP contribution in [-0.4, -0.2) is 11.6 Å². The van der Waals surface area contributed by atoms with Crippen LogP contribution in [0.5, 0.6) is 0 Å². The van der Waals surface area contributed by atoms with Crippen LogP contribution in [-0.2, 0) is 9.53 Å². The van der Waals surface area contributed by atoms with Gasteiger partial charge in [-0.1, -0.05) is 25.3 Å². The van der Waals surface area contributed by atoms with Crippen molar-refractivity contribution < 1.29 is 9.53 Å². The topological polar surface area (TPSA) is 26.3 Å². The van der Waals surface area contributed by atoms with Crippen molar-refractivity contribution in [2.24, 2.45) is 5.92 Å². The van der Waals surface area contributed by atoms with E-state index >= 15 is 0 Å². The third-order valence-corrected chi connectivity index (χ3v) is 2.86. The molecular formula is C14H24O2. The first-order valence-corrected chi connectivity index (χ1v) is 6.30. The quantitative estimate of drug-likeness (QED) is 0.526. The van der Waals surface area contributed by atoms with Crippen LogP contribution in [0.15, 0.2) is 11.6 Å². The van der Waals surface area contributed by atoms with Crippen LogP contribution in [0.2, 0.25) is 0 Å². The summed E-state index contributed by atoms with van der Waals surface area (Å²) >= 11 is 0. The number of esters is 1. The first-order valence-electron chi connectivity index (χ1n) is 6.30. The van der Waals surface area contributed by atoms with E-state index in [1.807, 2.05) is 27.7 Å². The predicted octanol–water partition coefficient (Wildman–Crippen LogP) is 3.85. The van der Waals surface area contributed by atoms with Gasteiger partial charge in [0.2, 0.25) is 0 Å². The molecule has 0 aromatic carbocycles. The first kappa shape index (κ1) is 13.3. The molecule has 0 atom stereocenters. The lowest BCUT2D eigenvalue weighted by atomic mass is 9.88. The fraction of sp³-hybridized carbons (Fsp3) is 0.786. The number of ether oxygens (including phenoxy) is 1. The summed E-state index contributed by atoms with van der Waals surface area (Å²) < 4.78 is 5.33. The molecule has 0 bridgehead atoms. The van der Waals surface area contributed by atoms with Crippen molar-refractivity contribution in [3.63, 3.8) is 0 Å². The molecule has 0 aromatic rings. The Hall–Kier alpha value is -0.790. The highest BCUT2D eigenvalue weighted by atomic mass is 16.6. The number of hydrogen-bond donors (Lipinski definition) is 0. The maximum atomic E-state index is 11.7. The van der Waals surface area contributed by atoms with Crippen molar-refractivity contribution in [1.82, 2.24) is 0 Å². The molecule has 2 heteroatoms. The van der Waals surface area contributed by atoms with Crippen molar-refractivity contribution in [3.05, 3.63) is 11.6 Å². The molecule has 2 nitrogen and oxygen atoms in total. The van der Waals surface area contributed by atoms with Crippen molar-refractivity contribution in [1.29, 1.82) is 0 Å². The number of hydrogen-bond acceptors (Lipinski definition) is 2. The molecule has 0 saturated heterocycles. The standard InChI is InChI=1S/C14H24O2/c1-11(13(15)16-14(2,3)4)10-12-8-6-5-7-9-12/h10,12H,5-9H2,1-4H3/b11-10+. The zero-order chi connectivity index (χ0) is 12.2. The van der Waals surface area contributed by atoms with Crippen LogP contribution < -0.4 is 0 Å². The lowest BCUT2D eigenvalue weighted by Crippen LogP contribution is -2.24. The van der Waals surface area contributed by atoms with Crippen LogP contribution in [0.4, 0.5) is 0 Å². The summed E-state index contributed by atoms with van der Waals surface area (Å²) in [5.41, 5.74) is 0.375. The van der Waals surface area contributed by atoms with E-state index in [4.69, 9.17) is 4.74 Å². The van der Waals surface area contributed by atoms with Crippen LogP contribution in [0.25, 0.3) is 0 Å². The fourth-order valence-electron chi connectivity index (χ4n) is 2.08. The van der Waals surface area contributed by atoms with Gasteiger partial charge in [0.05, 0.1) is 0 Å². The average Bonchev–Trinajstić information content (AvgIpc) is 2.16. The average molecular weight is 224 g/mol. The molecule has 0 aromatic heterocycles. The van der Waals surface area contributed by atoms with Gasteiger partial charge in [0.25, 0.3) is 0 Å². The van der Waals surface area contributed by atoms with Gasteiger partial charge in [-0.05, 0) is 46.5 Å². The molecule has 1 rings (SSSR count). The Bertz CT molecular complexity index is 265. The number of allylic oxidation sites excluding steroid dienone is 1. The largest absolute Gasteiger partial charge is 0.457 e. The first-order chi connectivity index (χ1) is 7.38. The Kier molecular flexibility index (Phi) is 4.57. The summed E-state index contributed by atoms with van der Waals surface area (Å²) in [7, 11) is 0. The van der Waals surface area contributed by atoms with Gasteiger partial charge in [0.15, 0.2) is 0 Å². The van der Waals surface area contributed by atoms with E-state index in [2.05, 4.69) is 6.08 Å². The van der Waals surface area contributed by atoms with Crippen molar-refractivity contribution in [3.8, 4) is 0 Å². The molecule has 0 heterocycles. The van der Waals surface area contributed by atoms with Gasteiger partial charge >= 0.3 is 5.97 Å². The minimum absolute atomic E-state index is 0.168. The van der Waals surface area contributed by atoms with Gasteiger partial charge in [-0.2, -0.15) is 0 Å². The molecule has 0 unspecified atom stereocenters. The molecule has 0 spiro atoms. The van der Waals surface area contributed by atoms with E-state index in [1.54, 1.807) is 0 Å². The summed E-state index contributed by atoms with van der Waals surface area (Å²) in [5, 5.41) is 0. The molecule has 0 amide bonds. The minimum atomic E-state index is -0.390. The highest BCUT2D eigenvalue weighted by Gasteiger charge is 2.19. The Morgan fingerprint density at radius 2 is 1.75 bits per heavy atom. The Labute approximate surface area is 99.1 Å². The minimum Gasteiger partial charge on any atom is -0.457 e. The molecule has 0 N–H and O–H groups in total. The smallest absolute Gasteiger partial charge is 0.333 e. The zero-order valence-corrected chi connectivity index (χ0v) is 11.0. The molecule has 0 aliphatic heterocycles. The lowest BCUT2D eigenvalue weighted by molar-refractivity contribution is -0.149. The normalized spacial score (nSPS) is 19.6. The summed E-state index contributed by atoms with van der Waals surface area (Å²) in [5.74, 6) is 0.416. The van der Waals surface area contributed by atoms with E-state index in [0.717, 1.165) is 5.57 Å². The van der Waals surface area contributed by atoms with Crippen LogP contribution >= 0.6 is 0 Å². The summed E-state index contributed by atoms with van der Waals surface area (Å²) in [6, 6.07) is 0. The second-order valence-corrected chi connectivity index (χ2v) is 5.75. The maximum absolute atomic E-state index is 11.7. The van der Waals surface area contributed by atoms with Gasteiger partial charge in [-0.15, -0.1) is 0 Å². The van der Waals surface area contributed by atoms with Crippen LogP contribution in [0.1, 0.15) is 59.8 Å². The number of carbonyl (C=O) groups is 1. The van der Waals surface area contributed by atoms with Gasteiger partial charge in [0, 0.05) is 5.57 Å². The molecule has 1 saturated carbocycles. The fourth-order valence-corrected chi connectivity index (χ4v) is 2.08. The van der Waals surface area contributed by atoms with E-state index in [0.29, 0.717) is 5.92 Å². The second-order valence-electron chi connectivity index (χ2n) is 5.75. The number of carbonyl (C=O) groups excluding carboxylic acids is 1. The molecular weight excluding hydrogens is 200 g/mol. The summed E-state index contributed by atoms with van der Waals surface area (Å²) in [4.78, 5) is 11.7. The van der Waals surface area contributed by atoms with Crippen LogP contribution in [0, 0.1) is 5.92 Å². The van der Waals surface area contributed by atoms with Crippen molar-refractivity contribution >= 4 is 5.97 Å². The SMILES string of the molecule is C/C(=C\C1CCCCC1)C(=O)OC(C)(C)C. The zero-order valence-electron chi connectivity index (χ0n) is 11.0. The third-order valence-electron chi connectivity index (χ3n) is 2.86. The van der Waals surface area contributed by atoms with E-state index < -0.39 is 5.60 Å². The van der Waals surface area contributed by atoms with Crippen molar-refractivity contribution in [2.45, 2.75) is 65.4 Å². The highest BCUT2D eigenvalue weighted by molar-refractivity contribution is 5.88. The van der Waals surface area contributed by atoms with Crippen molar-refractivity contribution in [2.75, 3.05) is 0 Å². The molecule has 1 aliphatic rings.